The van der Waals surface area contributed by atoms with Gasteiger partial charge in [-0.3, -0.25) is 4.79 Å². The highest BCUT2D eigenvalue weighted by molar-refractivity contribution is 9.10. The molecule has 0 fully saturated rings. The van der Waals surface area contributed by atoms with Crippen LogP contribution >= 0.6 is 39.1 Å². The molecule has 17 heavy (non-hydrogen) atoms. The van der Waals surface area contributed by atoms with Gasteiger partial charge in [0.2, 0.25) is 0 Å². The van der Waals surface area contributed by atoms with Gasteiger partial charge < -0.3 is 10.1 Å². The van der Waals surface area contributed by atoms with E-state index in [1.165, 1.54) is 0 Å². The van der Waals surface area contributed by atoms with Crippen molar-refractivity contribution in [3.05, 3.63) is 33.3 Å². The van der Waals surface area contributed by atoms with Crippen molar-refractivity contribution in [2.45, 2.75) is 5.38 Å². The quantitative estimate of drug-likeness (QED) is 0.836. The largest absolute Gasteiger partial charge is 0.383 e. The molecule has 1 amide bonds. The van der Waals surface area contributed by atoms with Crippen molar-refractivity contribution in [1.82, 2.24) is 5.32 Å². The summed E-state index contributed by atoms with van der Waals surface area (Å²) in [4.78, 5) is 11.8. The third-order valence-corrected chi connectivity index (χ3v) is 3.09. The van der Waals surface area contributed by atoms with Crippen LogP contribution in [-0.2, 0) is 4.74 Å². The molecule has 0 saturated heterocycles. The number of nitrogens with one attached hydrogen (secondary N) is 1. The second-order valence-electron chi connectivity index (χ2n) is 3.39. The Morgan fingerprint density at radius 1 is 1.59 bits per heavy atom. The fourth-order valence-corrected chi connectivity index (χ4v) is 2.17. The number of methoxy groups -OCH3 is 1. The fourth-order valence-electron chi connectivity index (χ4n) is 1.21. The number of hydrogen-bond donors (Lipinski definition) is 1. The number of amides is 1. The van der Waals surface area contributed by atoms with Crippen LogP contribution in [0.1, 0.15) is 10.4 Å². The van der Waals surface area contributed by atoms with E-state index in [1.807, 2.05) is 0 Å². The molecule has 0 aliphatic heterocycles. The second kappa shape index (κ2) is 7.21. The van der Waals surface area contributed by atoms with E-state index in [2.05, 4.69) is 21.2 Å². The smallest absolute Gasteiger partial charge is 0.252 e. The Bertz CT molecular complexity index is 401. The first kappa shape index (κ1) is 14.8. The highest BCUT2D eigenvalue weighted by Gasteiger charge is 2.12. The molecule has 6 heteroatoms. The summed E-state index contributed by atoms with van der Waals surface area (Å²) < 4.78 is 5.69. The van der Waals surface area contributed by atoms with Crippen molar-refractivity contribution in [3.63, 3.8) is 0 Å². The summed E-state index contributed by atoms with van der Waals surface area (Å²) in [6, 6.07) is 5.08. The van der Waals surface area contributed by atoms with Crippen molar-refractivity contribution in [1.29, 1.82) is 0 Å². The van der Waals surface area contributed by atoms with Gasteiger partial charge in [-0.05, 0) is 18.2 Å². The van der Waals surface area contributed by atoms with Crippen LogP contribution in [0.25, 0.3) is 0 Å². The van der Waals surface area contributed by atoms with Crippen molar-refractivity contribution < 1.29 is 9.53 Å². The number of rotatable bonds is 5. The third-order valence-electron chi connectivity index (χ3n) is 2.01. The van der Waals surface area contributed by atoms with Gasteiger partial charge in [-0.1, -0.05) is 27.5 Å². The molecule has 3 nitrogen and oxygen atoms in total. The Labute approximate surface area is 119 Å². The van der Waals surface area contributed by atoms with Crippen LogP contribution in [0.4, 0.5) is 0 Å². The standard InChI is InChI=1S/C11H12BrCl2NO2/c1-17-6-8(13)5-15-11(16)9-3-2-7(12)4-10(9)14/h2-4,8H,5-6H2,1H3,(H,15,16). The molecule has 0 spiro atoms. The predicted molar refractivity (Wildman–Crippen MR) is 73.0 cm³/mol. The highest BCUT2D eigenvalue weighted by atomic mass is 79.9. The molecule has 0 aliphatic carbocycles. The highest BCUT2D eigenvalue weighted by Crippen LogP contribution is 2.21. The molecule has 0 aliphatic rings. The molecule has 1 N–H and O–H groups in total. The number of hydrogen-bond acceptors (Lipinski definition) is 2. The van der Waals surface area contributed by atoms with Crippen LogP contribution in [-0.4, -0.2) is 31.5 Å². The SMILES string of the molecule is COCC(Cl)CNC(=O)c1ccc(Br)cc1Cl. The van der Waals surface area contributed by atoms with Crippen LogP contribution in [0.3, 0.4) is 0 Å². The third kappa shape index (κ3) is 4.84. The summed E-state index contributed by atoms with van der Waals surface area (Å²) in [6.45, 7) is 0.719. The zero-order valence-electron chi connectivity index (χ0n) is 9.17. The Kier molecular flexibility index (Phi) is 6.27. The summed E-state index contributed by atoms with van der Waals surface area (Å²) in [5, 5.41) is 2.84. The Morgan fingerprint density at radius 3 is 2.88 bits per heavy atom. The minimum absolute atomic E-state index is 0.246. The van der Waals surface area contributed by atoms with E-state index < -0.39 is 0 Å². The van der Waals surface area contributed by atoms with Crippen molar-refractivity contribution >= 4 is 45.0 Å². The van der Waals surface area contributed by atoms with Gasteiger partial charge in [0.25, 0.3) is 5.91 Å². The first-order chi connectivity index (χ1) is 8.04. The first-order valence-electron chi connectivity index (χ1n) is 4.91. The number of alkyl halides is 1. The van der Waals surface area contributed by atoms with E-state index in [9.17, 15) is 4.79 Å². The summed E-state index contributed by atoms with van der Waals surface area (Å²) in [7, 11) is 1.56. The summed E-state index contributed by atoms with van der Waals surface area (Å²) in [5.41, 5.74) is 0.427. The van der Waals surface area contributed by atoms with Crippen LogP contribution in [0.5, 0.6) is 0 Å². The van der Waals surface area contributed by atoms with E-state index in [-0.39, 0.29) is 11.3 Å². The molecule has 94 valence electrons. The summed E-state index contributed by atoms with van der Waals surface area (Å²) in [5.74, 6) is -0.246. The molecule has 1 aromatic carbocycles. The predicted octanol–water partition coefficient (Wildman–Crippen LogP) is 3.09. The van der Waals surface area contributed by atoms with Gasteiger partial charge >= 0.3 is 0 Å². The topological polar surface area (TPSA) is 38.3 Å². The maximum absolute atomic E-state index is 11.8. The van der Waals surface area contributed by atoms with E-state index >= 15 is 0 Å². The lowest BCUT2D eigenvalue weighted by Crippen LogP contribution is -2.31. The fraction of sp³-hybridized carbons (Fsp3) is 0.364. The molecule has 0 aromatic heterocycles. The van der Waals surface area contributed by atoms with Crippen LogP contribution in [0.2, 0.25) is 5.02 Å². The molecule has 0 saturated carbocycles. The molecule has 0 bridgehead atoms. The van der Waals surface area contributed by atoms with Crippen LogP contribution < -0.4 is 5.32 Å². The Morgan fingerprint density at radius 2 is 2.29 bits per heavy atom. The maximum atomic E-state index is 11.8. The van der Waals surface area contributed by atoms with Gasteiger partial charge in [-0.15, -0.1) is 11.6 Å². The van der Waals surface area contributed by atoms with Crippen molar-refractivity contribution in [2.24, 2.45) is 0 Å². The van der Waals surface area contributed by atoms with Gasteiger partial charge in [0.1, 0.15) is 0 Å². The maximum Gasteiger partial charge on any atom is 0.252 e. The van der Waals surface area contributed by atoms with E-state index in [0.29, 0.717) is 23.7 Å². The zero-order chi connectivity index (χ0) is 12.8. The summed E-state index contributed by atoms with van der Waals surface area (Å²) in [6.07, 6.45) is 0. The summed E-state index contributed by atoms with van der Waals surface area (Å²) >= 11 is 15.1. The molecule has 1 aromatic rings. The molecule has 0 heterocycles. The molecule has 1 rings (SSSR count). The number of ether oxygens (including phenoxy) is 1. The van der Waals surface area contributed by atoms with Crippen molar-refractivity contribution in [3.8, 4) is 0 Å². The number of carbonyl (C=O) groups is 1. The van der Waals surface area contributed by atoms with E-state index in [4.69, 9.17) is 27.9 Å². The van der Waals surface area contributed by atoms with Gasteiger partial charge in [0.05, 0.1) is 22.6 Å². The second-order valence-corrected chi connectivity index (χ2v) is 5.33. The minimum Gasteiger partial charge on any atom is -0.383 e. The van der Waals surface area contributed by atoms with Gasteiger partial charge in [0.15, 0.2) is 0 Å². The Balaban J connectivity index is 2.58. The zero-order valence-corrected chi connectivity index (χ0v) is 12.3. The molecule has 1 unspecified atom stereocenters. The average Bonchev–Trinajstić information content (AvgIpc) is 2.26. The van der Waals surface area contributed by atoms with E-state index in [0.717, 1.165) is 4.47 Å². The van der Waals surface area contributed by atoms with Gasteiger partial charge in [0, 0.05) is 18.1 Å². The Hall–Kier alpha value is -0.290. The first-order valence-corrected chi connectivity index (χ1v) is 6.51. The molecule has 1 atom stereocenters. The normalized spacial score (nSPS) is 12.2. The molecular formula is C11H12BrCl2NO2. The minimum atomic E-state index is -0.252. The molecular weight excluding hydrogens is 329 g/mol. The number of halogens is 3. The lowest BCUT2D eigenvalue weighted by atomic mass is 10.2. The molecule has 0 radical (unpaired) electrons. The van der Waals surface area contributed by atoms with Crippen LogP contribution in [0.15, 0.2) is 22.7 Å². The number of carbonyl (C=O) groups excluding carboxylic acids is 1. The van der Waals surface area contributed by atoms with E-state index in [1.54, 1.807) is 25.3 Å². The lowest BCUT2D eigenvalue weighted by Gasteiger charge is -2.10. The van der Waals surface area contributed by atoms with Gasteiger partial charge in [-0.2, -0.15) is 0 Å². The monoisotopic (exact) mass is 339 g/mol. The lowest BCUT2D eigenvalue weighted by molar-refractivity contribution is 0.0949. The van der Waals surface area contributed by atoms with Crippen molar-refractivity contribution in [2.75, 3.05) is 20.3 Å². The van der Waals surface area contributed by atoms with Crippen LogP contribution in [0, 0.1) is 0 Å². The van der Waals surface area contributed by atoms with Gasteiger partial charge in [-0.25, -0.2) is 0 Å². The number of benzene rings is 1. The average molecular weight is 341 g/mol.